The highest BCUT2D eigenvalue weighted by Crippen LogP contribution is 2.28. The molecule has 0 saturated carbocycles. The monoisotopic (exact) mass is 217 g/mol. The lowest BCUT2D eigenvalue weighted by molar-refractivity contribution is 0.642. The van der Waals surface area contributed by atoms with E-state index >= 15 is 0 Å². The van der Waals surface area contributed by atoms with Crippen molar-refractivity contribution in [1.29, 1.82) is 0 Å². The summed E-state index contributed by atoms with van der Waals surface area (Å²) in [4.78, 5) is 0. The fraction of sp³-hybridized carbons (Fsp3) is 0.500. The van der Waals surface area contributed by atoms with Crippen molar-refractivity contribution in [2.24, 2.45) is 0 Å². The van der Waals surface area contributed by atoms with E-state index in [9.17, 15) is 0 Å². The van der Waals surface area contributed by atoms with E-state index in [1.54, 1.807) is 6.07 Å². The van der Waals surface area contributed by atoms with Gasteiger partial charge in [-0.1, -0.05) is 23.2 Å². The summed E-state index contributed by atoms with van der Waals surface area (Å²) < 4.78 is 0. The first kappa shape index (κ1) is 9.19. The van der Waals surface area contributed by atoms with Gasteiger partial charge in [0.2, 0.25) is 0 Å². The van der Waals surface area contributed by atoms with Crippen molar-refractivity contribution in [3.05, 3.63) is 21.9 Å². The summed E-state index contributed by atoms with van der Waals surface area (Å²) in [7, 11) is 0. The molecule has 0 spiro atoms. The molecule has 0 bridgehead atoms. The standard InChI is InChI=1S/C8H9Cl2N3/c9-7-4-5(8(10)13-12-7)6-2-1-3-11-6/h4,6,11H,1-3H2. The van der Waals surface area contributed by atoms with E-state index in [4.69, 9.17) is 23.2 Å². The minimum atomic E-state index is 0.292. The van der Waals surface area contributed by atoms with Gasteiger partial charge < -0.3 is 5.32 Å². The van der Waals surface area contributed by atoms with Crippen LogP contribution in [0.1, 0.15) is 24.4 Å². The molecule has 1 unspecified atom stereocenters. The fourth-order valence-electron chi connectivity index (χ4n) is 1.56. The predicted octanol–water partition coefficient (Wildman–Crippen LogP) is 2.21. The van der Waals surface area contributed by atoms with Gasteiger partial charge in [-0.2, -0.15) is 0 Å². The first-order chi connectivity index (χ1) is 6.27. The van der Waals surface area contributed by atoms with Gasteiger partial charge in [0.15, 0.2) is 10.3 Å². The van der Waals surface area contributed by atoms with Gasteiger partial charge >= 0.3 is 0 Å². The van der Waals surface area contributed by atoms with E-state index in [1.807, 2.05) is 0 Å². The van der Waals surface area contributed by atoms with Crippen molar-refractivity contribution >= 4 is 23.2 Å². The second-order valence-corrected chi connectivity index (χ2v) is 3.81. The first-order valence-electron chi connectivity index (χ1n) is 4.19. The van der Waals surface area contributed by atoms with Crippen LogP contribution in [0.2, 0.25) is 10.3 Å². The molecule has 1 aromatic rings. The molecule has 0 amide bonds. The third-order valence-electron chi connectivity index (χ3n) is 2.18. The zero-order valence-electron chi connectivity index (χ0n) is 6.93. The van der Waals surface area contributed by atoms with Crippen molar-refractivity contribution in [2.45, 2.75) is 18.9 Å². The van der Waals surface area contributed by atoms with Gasteiger partial charge in [0.25, 0.3) is 0 Å². The molecule has 1 aliphatic rings. The maximum absolute atomic E-state index is 5.90. The second kappa shape index (κ2) is 3.78. The molecule has 1 fully saturated rings. The Bertz CT molecular complexity index is 310. The molecule has 2 rings (SSSR count). The first-order valence-corrected chi connectivity index (χ1v) is 4.95. The molecule has 0 radical (unpaired) electrons. The highest BCUT2D eigenvalue weighted by Gasteiger charge is 2.19. The van der Waals surface area contributed by atoms with Gasteiger partial charge in [0, 0.05) is 11.6 Å². The van der Waals surface area contributed by atoms with E-state index in [2.05, 4.69) is 15.5 Å². The molecule has 5 heteroatoms. The van der Waals surface area contributed by atoms with E-state index in [1.165, 1.54) is 6.42 Å². The molecule has 1 atom stereocenters. The molecule has 70 valence electrons. The maximum atomic E-state index is 5.90. The van der Waals surface area contributed by atoms with Crippen LogP contribution in [0.25, 0.3) is 0 Å². The Morgan fingerprint density at radius 3 is 2.92 bits per heavy atom. The summed E-state index contributed by atoms with van der Waals surface area (Å²) in [6.45, 7) is 1.03. The summed E-state index contributed by atoms with van der Waals surface area (Å²) in [5, 5.41) is 11.6. The zero-order chi connectivity index (χ0) is 9.26. The number of hydrogen-bond acceptors (Lipinski definition) is 3. The van der Waals surface area contributed by atoms with Crippen LogP contribution in [0.5, 0.6) is 0 Å². The largest absolute Gasteiger partial charge is 0.310 e. The van der Waals surface area contributed by atoms with Crippen LogP contribution in [-0.2, 0) is 0 Å². The smallest absolute Gasteiger partial charge is 0.156 e. The van der Waals surface area contributed by atoms with Crippen molar-refractivity contribution in [2.75, 3.05) is 6.54 Å². The Morgan fingerprint density at radius 2 is 2.23 bits per heavy atom. The van der Waals surface area contributed by atoms with Gasteiger partial charge in [-0.3, -0.25) is 0 Å². The zero-order valence-corrected chi connectivity index (χ0v) is 8.44. The Morgan fingerprint density at radius 1 is 1.38 bits per heavy atom. The van der Waals surface area contributed by atoms with E-state index in [0.717, 1.165) is 18.5 Å². The van der Waals surface area contributed by atoms with Crippen LogP contribution in [-0.4, -0.2) is 16.7 Å². The number of aromatic nitrogens is 2. The van der Waals surface area contributed by atoms with Crippen molar-refractivity contribution in [3.63, 3.8) is 0 Å². The van der Waals surface area contributed by atoms with Crippen LogP contribution < -0.4 is 5.32 Å². The van der Waals surface area contributed by atoms with E-state index in [0.29, 0.717) is 16.3 Å². The van der Waals surface area contributed by atoms with Crippen molar-refractivity contribution in [1.82, 2.24) is 15.5 Å². The van der Waals surface area contributed by atoms with Crippen LogP contribution >= 0.6 is 23.2 Å². The average molecular weight is 218 g/mol. The predicted molar refractivity (Wildman–Crippen MR) is 52.0 cm³/mol. The molecule has 0 aliphatic carbocycles. The lowest BCUT2D eigenvalue weighted by Crippen LogP contribution is -2.14. The lowest BCUT2D eigenvalue weighted by atomic mass is 10.1. The summed E-state index contributed by atoms with van der Waals surface area (Å²) >= 11 is 11.6. The highest BCUT2D eigenvalue weighted by atomic mass is 35.5. The lowest BCUT2D eigenvalue weighted by Gasteiger charge is -2.10. The van der Waals surface area contributed by atoms with Crippen molar-refractivity contribution < 1.29 is 0 Å². The molecular weight excluding hydrogens is 209 g/mol. The molecule has 0 aromatic carbocycles. The molecule has 13 heavy (non-hydrogen) atoms. The third kappa shape index (κ3) is 1.93. The Balaban J connectivity index is 2.32. The van der Waals surface area contributed by atoms with Crippen LogP contribution in [0.15, 0.2) is 6.07 Å². The van der Waals surface area contributed by atoms with Crippen LogP contribution in [0, 0.1) is 0 Å². The maximum Gasteiger partial charge on any atom is 0.156 e. The molecule has 1 aromatic heterocycles. The number of halogens is 2. The molecular formula is C8H9Cl2N3. The average Bonchev–Trinajstić information content (AvgIpc) is 2.61. The van der Waals surface area contributed by atoms with Crippen LogP contribution in [0.4, 0.5) is 0 Å². The molecule has 1 saturated heterocycles. The molecule has 1 aliphatic heterocycles. The van der Waals surface area contributed by atoms with Crippen molar-refractivity contribution in [3.8, 4) is 0 Å². The van der Waals surface area contributed by atoms with E-state index < -0.39 is 0 Å². The summed E-state index contributed by atoms with van der Waals surface area (Å²) in [5.74, 6) is 0. The molecule has 2 heterocycles. The van der Waals surface area contributed by atoms with Crippen LogP contribution in [0.3, 0.4) is 0 Å². The quantitative estimate of drug-likeness (QED) is 0.785. The third-order valence-corrected chi connectivity index (χ3v) is 2.66. The number of hydrogen-bond donors (Lipinski definition) is 1. The Kier molecular flexibility index (Phi) is 2.67. The summed E-state index contributed by atoms with van der Waals surface area (Å²) in [6.07, 6.45) is 2.25. The minimum absolute atomic E-state index is 0.292. The minimum Gasteiger partial charge on any atom is -0.310 e. The summed E-state index contributed by atoms with van der Waals surface area (Å²) in [6, 6.07) is 2.07. The Hall–Kier alpha value is -0.380. The van der Waals surface area contributed by atoms with Gasteiger partial charge in [-0.05, 0) is 25.5 Å². The van der Waals surface area contributed by atoms with Gasteiger partial charge in [0.1, 0.15) is 0 Å². The van der Waals surface area contributed by atoms with E-state index in [-0.39, 0.29) is 0 Å². The SMILES string of the molecule is Clc1cc(C2CCCN2)c(Cl)nn1. The number of nitrogens with one attached hydrogen (secondary N) is 1. The number of rotatable bonds is 1. The second-order valence-electron chi connectivity index (χ2n) is 3.06. The summed E-state index contributed by atoms with van der Waals surface area (Å²) in [5.41, 5.74) is 0.958. The van der Waals surface area contributed by atoms with Gasteiger partial charge in [-0.15, -0.1) is 10.2 Å². The fourth-order valence-corrected chi connectivity index (χ4v) is 1.94. The Labute approximate surface area is 86.4 Å². The normalized spacial score (nSPS) is 22.2. The topological polar surface area (TPSA) is 37.8 Å². The molecule has 3 nitrogen and oxygen atoms in total. The number of nitrogens with zero attached hydrogens (tertiary/aromatic N) is 2. The van der Waals surface area contributed by atoms with Gasteiger partial charge in [0.05, 0.1) is 0 Å². The molecule has 1 N–H and O–H groups in total. The highest BCUT2D eigenvalue weighted by molar-refractivity contribution is 6.31. The van der Waals surface area contributed by atoms with Gasteiger partial charge in [-0.25, -0.2) is 0 Å².